The molecule has 2 aromatic carbocycles. The molecule has 0 bridgehead atoms. The lowest BCUT2D eigenvalue weighted by molar-refractivity contribution is -0.115. The Kier molecular flexibility index (Phi) is 4.45. The van der Waals surface area contributed by atoms with Crippen LogP contribution in [0.5, 0.6) is 0 Å². The van der Waals surface area contributed by atoms with Crippen molar-refractivity contribution in [2.75, 3.05) is 11.9 Å². The first-order valence-corrected chi connectivity index (χ1v) is 7.51. The van der Waals surface area contributed by atoms with Crippen LogP contribution in [0, 0.1) is 5.82 Å². The Morgan fingerprint density at radius 1 is 1.39 bits per heavy atom. The van der Waals surface area contributed by atoms with Crippen molar-refractivity contribution in [3.63, 3.8) is 0 Å². The van der Waals surface area contributed by atoms with E-state index in [1.54, 1.807) is 24.3 Å². The molecular formula is C17H17BFNO3. The molecule has 1 aliphatic rings. The molecule has 3 rings (SSSR count). The van der Waals surface area contributed by atoms with E-state index in [2.05, 4.69) is 5.32 Å². The summed E-state index contributed by atoms with van der Waals surface area (Å²) in [5.41, 5.74) is 2.89. The van der Waals surface area contributed by atoms with E-state index in [0.29, 0.717) is 23.3 Å². The number of amides is 1. The number of hydrogen-bond donors (Lipinski definition) is 2. The van der Waals surface area contributed by atoms with Gasteiger partial charge in [-0.1, -0.05) is 25.1 Å². The number of carbonyl (C=O) groups excluding carboxylic acids is 1. The summed E-state index contributed by atoms with van der Waals surface area (Å²) >= 11 is 0. The van der Waals surface area contributed by atoms with Crippen LogP contribution in [0.15, 0.2) is 42.5 Å². The van der Waals surface area contributed by atoms with Crippen molar-refractivity contribution in [3.05, 3.63) is 59.4 Å². The highest BCUT2D eigenvalue weighted by Crippen LogP contribution is 2.21. The van der Waals surface area contributed by atoms with Gasteiger partial charge in [-0.2, -0.15) is 0 Å². The predicted molar refractivity (Wildman–Crippen MR) is 87.1 cm³/mol. The number of fused-ring (bicyclic) bond motifs is 1. The highest BCUT2D eigenvalue weighted by molar-refractivity contribution is 6.61. The topological polar surface area (TPSA) is 58.6 Å². The van der Waals surface area contributed by atoms with Gasteiger partial charge in [-0.25, -0.2) is 4.39 Å². The van der Waals surface area contributed by atoms with Crippen LogP contribution in [0.3, 0.4) is 0 Å². The second-order valence-corrected chi connectivity index (χ2v) is 5.79. The lowest BCUT2D eigenvalue weighted by Gasteiger charge is -2.25. The number of halogens is 1. The van der Waals surface area contributed by atoms with Crippen LogP contribution in [0.25, 0.3) is 0 Å². The first-order valence-electron chi connectivity index (χ1n) is 7.51. The van der Waals surface area contributed by atoms with Crippen molar-refractivity contribution >= 4 is 24.2 Å². The van der Waals surface area contributed by atoms with Gasteiger partial charge in [0.2, 0.25) is 5.91 Å². The second kappa shape index (κ2) is 6.52. The second-order valence-electron chi connectivity index (χ2n) is 5.79. The van der Waals surface area contributed by atoms with Gasteiger partial charge in [-0.05, 0) is 40.9 Å². The van der Waals surface area contributed by atoms with Crippen molar-refractivity contribution in [1.29, 1.82) is 0 Å². The number of benzene rings is 2. The van der Waals surface area contributed by atoms with Gasteiger partial charge in [0.25, 0.3) is 0 Å². The Balaban J connectivity index is 1.73. The van der Waals surface area contributed by atoms with Crippen LogP contribution in [0.1, 0.15) is 24.0 Å². The number of anilines is 1. The summed E-state index contributed by atoms with van der Waals surface area (Å²) in [5, 5.41) is 12.7. The molecule has 1 aliphatic heterocycles. The van der Waals surface area contributed by atoms with Gasteiger partial charge in [-0.3, -0.25) is 4.79 Å². The summed E-state index contributed by atoms with van der Waals surface area (Å²) < 4.78 is 18.4. The van der Waals surface area contributed by atoms with E-state index in [-0.39, 0.29) is 24.1 Å². The van der Waals surface area contributed by atoms with Gasteiger partial charge in [0.15, 0.2) is 0 Å². The quantitative estimate of drug-likeness (QED) is 0.850. The molecule has 0 saturated carbocycles. The predicted octanol–water partition coefficient (Wildman–Crippen LogP) is 1.83. The summed E-state index contributed by atoms with van der Waals surface area (Å²) in [6, 6.07) is 11.4. The first-order chi connectivity index (χ1) is 11.0. The minimum absolute atomic E-state index is 0.0876. The van der Waals surface area contributed by atoms with Crippen molar-refractivity contribution in [2.45, 2.75) is 19.3 Å². The molecule has 0 radical (unpaired) electrons. The maximum atomic E-state index is 13.1. The van der Waals surface area contributed by atoms with E-state index < -0.39 is 7.12 Å². The van der Waals surface area contributed by atoms with Gasteiger partial charge < -0.3 is 15.0 Å². The molecule has 118 valence electrons. The third kappa shape index (κ3) is 3.60. The van der Waals surface area contributed by atoms with Crippen LogP contribution in [-0.2, 0) is 15.9 Å². The molecular weight excluding hydrogens is 296 g/mol. The number of carbonyl (C=O) groups is 1. The average molecular weight is 313 g/mol. The molecule has 1 unspecified atom stereocenters. The maximum Gasteiger partial charge on any atom is 0.491 e. The van der Waals surface area contributed by atoms with Crippen LogP contribution >= 0.6 is 0 Å². The summed E-state index contributed by atoms with van der Waals surface area (Å²) in [4.78, 5) is 12.1. The molecule has 0 aliphatic carbocycles. The highest BCUT2D eigenvalue weighted by Gasteiger charge is 2.29. The minimum atomic E-state index is -0.971. The van der Waals surface area contributed by atoms with E-state index in [0.717, 1.165) is 5.56 Å². The Bertz CT molecular complexity index is 738. The molecule has 0 fully saturated rings. The van der Waals surface area contributed by atoms with E-state index in [4.69, 9.17) is 4.65 Å². The molecule has 1 heterocycles. The zero-order valence-electron chi connectivity index (χ0n) is 12.8. The van der Waals surface area contributed by atoms with Gasteiger partial charge in [-0.15, -0.1) is 0 Å². The van der Waals surface area contributed by atoms with Crippen LogP contribution in [0.4, 0.5) is 10.1 Å². The molecule has 2 aromatic rings. The highest BCUT2D eigenvalue weighted by atomic mass is 19.1. The van der Waals surface area contributed by atoms with E-state index >= 15 is 0 Å². The van der Waals surface area contributed by atoms with Crippen molar-refractivity contribution in [3.8, 4) is 0 Å². The standard InChI is InChI=1S/C17H17BFNO3/c1-11-10-23-18(22)16-9-14(5-6-15(11)16)20-17(21)8-12-3-2-4-13(19)7-12/h2-7,9,11,22H,8,10H2,1H3,(H,20,21). The van der Waals surface area contributed by atoms with Gasteiger partial charge in [0, 0.05) is 18.2 Å². The summed E-state index contributed by atoms with van der Waals surface area (Å²) in [5.74, 6) is -0.404. The molecule has 23 heavy (non-hydrogen) atoms. The summed E-state index contributed by atoms with van der Waals surface area (Å²) in [6.45, 7) is 2.49. The van der Waals surface area contributed by atoms with Crippen LogP contribution < -0.4 is 10.8 Å². The van der Waals surface area contributed by atoms with Crippen molar-refractivity contribution in [1.82, 2.24) is 0 Å². The fourth-order valence-electron chi connectivity index (χ4n) is 2.77. The molecule has 4 nitrogen and oxygen atoms in total. The normalized spacial score (nSPS) is 16.8. The molecule has 6 heteroatoms. The lowest BCUT2D eigenvalue weighted by atomic mass is 9.71. The molecule has 1 atom stereocenters. The number of rotatable bonds is 3. The number of hydrogen-bond acceptors (Lipinski definition) is 3. The lowest BCUT2D eigenvalue weighted by Crippen LogP contribution is -2.42. The molecule has 1 amide bonds. The monoisotopic (exact) mass is 313 g/mol. The first kappa shape index (κ1) is 15.7. The smallest absolute Gasteiger partial charge is 0.423 e. The average Bonchev–Trinajstić information content (AvgIpc) is 2.51. The largest absolute Gasteiger partial charge is 0.491 e. The van der Waals surface area contributed by atoms with Gasteiger partial charge >= 0.3 is 7.12 Å². The van der Waals surface area contributed by atoms with Crippen LogP contribution in [0.2, 0.25) is 0 Å². The van der Waals surface area contributed by atoms with E-state index in [1.807, 2.05) is 13.0 Å². The fraction of sp³-hybridized carbons (Fsp3) is 0.235. The van der Waals surface area contributed by atoms with E-state index in [1.165, 1.54) is 12.1 Å². The summed E-state index contributed by atoms with van der Waals surface area (Å²) in [6.07, 6.45) is 0.0876. The Hall–Kier alpha value is -2.18. The molecule has 2 N–H and O–H groups in total. The Morgan fingerprint density at radius 3 is 3.00 bits per heavy atom. The summed E-state index contributed by atoms with van der Waals surface area (Å²) in [7, 11) is -0.971. The minimum Gasteiger partial charge on any atom is -0.423 e. The van der Waals surface area contributed by atoms with Gasteiger partial charge in [0.1, 0.15) is 5.82 Å². The third-order valence-electron chi connectivity index (χ3n) is 3.93. The SMILES string of the molecule is CC1COB(O)c2cc(NC(=O)Cc3cccc(F)c3)ccc21. The fourth-order valence-corrected chi connectivity index (χ4v) is 2.77. The van der Waals surface area contributed by atoms with Crippen molar-refractivity contribution in [2.24, 2.45) is 0 Å². The molecule has 0 saturated heterocycles. The third-order valence-corrected chi connectivity index (χ3v) is 3.93. The number of nitrogens with one attached hydrogen (secondary N) is 1. The van der Waals surface area contributed by atoms with Crippen molar-refractivity contribution < 1.29 is 18.9 Å². The molecule has 0 aromatic heterocycles. The van der Waals surface area contributed by atoms with Crippen LogP contribution in [-0.4, -0.2) is 24.7 Å². The van der Waals surface area contributed by atoms with Gasteiger partial charge in [0.05, 0.1) is 6.42 Å². The maximum absolute atomic E-state index is 13.1. The zero-order chi connectivity index (χ0) is 16.4. The van der Waals surface area contributed by atoms with E-state index in [9.17, 15) is 14.2 Å². The molecule has 0 spiro atoms. The Labute approximate surface area is 134 Å². The zero-order valence-corrected chi connectivity index (χ0v) is 12.8. The Morgan fingerprint density at radius 2 is 2.22 bits per heavy atom.